The van der Waals surface area contributed by atoms with Crippen LogP contribution in [-0.2, 0) is 4.79 Å². The van der Waals surface area contributed by atoms with E-state index in [9.17, 15) is 10.1 Å². The number of amides is 1. The Balaban J connectivity index is 1.73. The van der Waals surface area contributed by atoms with Crippen LogP contribution < -0.4 is 14.8 Å². The molecule has 0 aliphatic heterocycles. The highest BCUT2D eigenvalue weighted by atomic mass is 79.9. The molecule has 0 saturated heterocycles. The van der Waals surface area contributed by atoms with Crippen LogP contribution in [0.25, 0.3) is 11.6 Å². The number of halogens is 2. The van der Waals surface area contributed by atoms with Crippen LogP contribution in [0.5, 0.6) is 11.5 Å². The molecule has 5 nitrogen and oxygen atoms in total. The van der Waals surface area contributed by atoms with E-state index in [0.29, 0.717) is 34.4 Å². The van der Waals surface area contributed by atoms with Gasteiger partial charge in [-0.1, -0.05) is 51.8 Å². The van der Waals surface area contributed by atoms with E-state index in [-0.39, 0.29) is 12.5 Å². The molecule has 0 atom stereocenters. The Morgan fingerprint density at radius 1 is 1.09 bits per heavy atom. The zero-order chi connectivity index (χ0) is 23.8. The lowest BCUT2D eigenvalue weighted by Crippen LogP contribution is -2.20. The second kappa shape index (κ2) is 11.6. The summed E-state index contributed by atoms with van der Waals surface area (Å²) in [5.41, 5.74) is 3.65. The second-order valence-electron chi connectivity index (χ2n) is 7.12. The largest absolute Gasteiger partial charge is 0.490 e. The number of hydrogen-bond donors (Lipinski definition) is 1. The van der Waals surface area contributed by atoms with Gasteiger partial charge in [0, 0.05) is 15.2 Å². The molecule has 3 aromatic rings. The van der Waals surface area contributed by atoms with E-state index in [1.54, 1.807) is 30.3 Å². The van der Waals surface area contributed by atoms with E-state index in [2.05, 4.69) is 27.3 Å². The fraction of sp³-hybridized carbons (Fsp3) is 0.154. The fourth-order valence-electron chi connectivity index (χ4n) is 2.99. The van der Waals surface area contributed by atoms with E-state index in [1.807, 2.05) is 50.2 Å². The molecule has 7 heteroatoms. The van der Waals surface area contributed by atoms with Gasteiger partial charge in [0.25, 0.3) is 5.91 Å². The van der Waals surface area contributed by atoms with E-state index in [0.717, 1.165) is 21.2 Å². The zero-order valence-corrected chi connectivity index (χ0v) is 20.5. The van der Waals surface area contributed by atoms with Gasteiger partial charge >= 0.3 is 0 Å². The lowest BCUT2D eigenvalue weighted by molar-refractivity contribution is -0.118. The molecule has 168 valence electrons. The summed E-state index contributed by atoms with van der Waals surface area (Å²) in [6.07, 6.45) is 1.78. The Morgan fingerprint density at radius 3 is 2.52 bits per heavy atom. The van der Waals surface area contributed by atoms with Crippen LogP contribution >= 0.6 is 27.5 Å². The minimum absolute atomic E-state index is 0.191. The number of aryl methyl sites for hydroxylation is 1. The van der Waals surface area contributed by atoms with Crippen LogP contribution in [0.4, 0.5) is 5.69 Å². The summed E-state index contributed by atoms with van der Waals surface area (Å²) < 4.78 is 12.3. The first-order valence-corrected chi connectivity index (χ1v) is 11.4. The van der Waals surface area contributed by atoms with Crippen LogP contribution in [0.1, 0.15) is 23.6 Å². The van der Waals surface area contributed by atoms with Crippen molar-refractivity contribution >= 4 is 50.8 Å². The second-order valence-corrected chi connectivity index (χ2v) is 8.44. The summed E-state index contributed by atoms with van der Waals surface area (Å²) in [5, 5.41) is 12.9. The molecular formula is C26H22BrClN2O3. The molecule has 0 fully saturated rings. The van der Waals surface area contributed by atoms with Crippen molar-refractivity contribution in [1.82, 2.24) is 0 Å². The summed E-state index contributed by atoms with van der Waals surface area (Å²) in [6.45, 7) is 3.99. The maximum absolute atomic E-state index is 12.3. The third kappa shape index (κ3) is 6.85. The minimum Gasteiger partial charge on any atom is -0.490 e. The highest BCUT2D eigenvalue weighted by Gasteiger charge is 2.11. The van der Waals surface area contributed by atoms with E-state index >= 15 is 0 Å². The Kier molecular flexibility index (Phi) is 8.53. The molecule has 0 unspecified atom stereocenters. The van der Waals surface area contributed by atoms with Crippen molar-refractivity contribution in [3.05, 3.63) is 86.8 Å². The number of hydrogen-bond acceptors (Lipinski definition) is 4. The highest BCUT2D eigenvalue weighted by Crippen LogP contribution is 2.30. The molecule has 1 amide bonds. The maximum Gasteiger partial charge on any atom is 0.262 e. The number of carbonyl (C=O) groups excluding carboxylic acids is 1. The lowest BCUT2D eigenvalue weighted by Gasteiger charge is -2.13. The average molecular weight is 526 g/mol. The smallest absolute Gasteiger partial charge is 0.262 e. The average Bonchev–Trinajstić information content (AvgIpc) is 2.80. The number of ether oxygens (including phenoxy) is 2. The number of nitrogens with zero attached hydrogens (tertiary/aromatic N) is 1. The van der Waals surface area contributed by atoms with Crippen LogP contribution in [0.3, 0.4) is 0 Å². The molecule has 0 saturated carbocycles. The fourth-order valence-corrected chi connectivity index (χ4v) is 3.43. The van der Waals surface area contributed by atoms with Crippen LogP contribution in [0, 0.1) is 18.3 Å². The molecule has 0 heterocycles. The van der Waals surface area contributed by atoms with Gasteiger partial charge in [0.15, 0.2) is 18.1 Å². The number of anilines is 1. The van der Waals surface area contributed by atoms with Crippen molar-refractivity contribution < 1.29 is 14.3 Å². The van der Waals surface area contributed by atoms with Crippen molar-refractivity contribution in [2.24, 2.45) is 0 Å². The van der Waals surface area contributed by atoms with Crippen molar-refractivity contribution in [1.29, 1.82) is 5.26 Å². The van der Waals surface area contributed by atoms with Crippen molar-refractivity contribution in [3.63, 3.8) is 0 Å². The Bertz CT molecular complexity index is 1220. The van der Waals surface area contributed by atoms with Gasteiger partial charge in [0.05, 0.1) is 18.2 Å². The molecule has 3 rings (SSSR count). The standard InChI is InChI=1S/C26H22BrClN2O3/c1-3-32-25-13-18(12-20(15-29)19-6-8-21(27)9-7-19)5-11-24(25)33-16-26(31)30-22-10-4-17(2)23(28)14-22/h4-14H,3,16H2,1-2H3,(H,30,31)/b20-12+. The van der Waals surface area contributed by atoms with Gasteiger partial charge in [-0.25, -0.2) is 0 Å². The Labute approximate surface area is 206 Å². The van der Waals surface area contributed by atoms with Gasteiger partial charge in [-0.3, -0.25) is 4.79 Å². The predicted octanol–water partition coefficient (Wildman–Crippen LogP) is 6.89. The summed E-state index contributed by atoms with van der Waals surface area (Å²) in [6, 6.07) is 20.4. The van der Waals surface area contributed by atoms with Gasteiger partial charge in [0.2, 0.25) is 0 Å². The quantitative estimate of drug-likeness (QED) is 0.257. The molecule has 0 aromatic heterocycles. The molecule has 0 bridgehead atoms. The maximum atomic E-state index is 12.3. The van der Waals surface area contributed by atoms with E-state index in [4.69, 9.17) is 21.1 Å². The number of benzene rings is 3. The lowest BCUT2D eigenvalue weighted by atomic mass is 10.0. The molecular weight excluding hydrogens is 504 g/mol. The van der Waals surface area contributed by atoms with E-state index < -0.39 is 0 Å². The molecule has 0 aliphatic carbocycles. The number of carbonyl (C=O) groups is 1. The van der Waals surface area contributed by atoms with Gasteiger partial charge in [-0.2, -0.15) is 5.26 Å². The Morgan fingerprint density at radius 2 is 1.85 bits per heavy atom. The van der Waals surface area contributed by atoms with Gasteiger partial charge in [0.1, 0.15) is 0 Å². The van der Waals surface area contributed by atoms with Crippen LogP contribution in [0.15, 0.2) is 65.1 Å². The molecule has 1 N–H and O–H groups in total. The number of nitrogens with one attached hydrogen (secondary N) is 1. The molecule has 33 heavy (non-hydrogen) atoms. The molecule has 0 spiro atoms. The normalized spacial score (nSPS) is 10.9. The third-order valence-corrected chi connectivity index (χ3v) is 5.60. The van der Waals surface area contributed by atoms with Crippen LogP contribution in [0.2, 0.25) is 5.02 Å². The van der Waals surface area contributed by atoms with Crippen LogP contribution in [-0.4, -0.2) is 19.1 Å². The van der Waals surface area contributed by atoms with E-state index in [1.165, 1.54) is 0 Å². The summed E-state index contributed by atoms with van der Waals surface area (Å²) >= 11 is 9.51. The number of nitriles is 1. The SMILES string of the molecule is CCOc1cc(/C=C(\C#N)c2ccc(Br)cc2)ccc1OCC(=O)Nc1ccc(C)c(Cl)c1. The minimum atomic E-state index is -0.316. The third-order valence-electron chi connectivity index (χ3n) is 4.67. The van der Waals surface area contributed by atoms with Gasteiger partial charge in [-0.05, 0) is 73.0 Å². The molecule has 3 aromatic carbocycles. The monoisotopic (exact) mass is 524 g/mol. The first-order chi connectivity index (χ1) is 15.9. The van der Waals surface area contributed by atoms with Crippen molar-refractivity contribution in [2.75, 3.05) is 18.5 Å². The Hall–Kier alpha value is -3.27. The molecule has 0 aliphatic rings. The first-order valence-electron chi connectivity index (χ1n) is 10.2. The van der Waals surface area contributed by atoms with Crippen molar-refractivity contribution in [3.8, 4) is 17.6 Å². The summed E-state index contributed by atoms with van der Waals surface area (Å²) in [7, 11) is 0. The van der Waals surface area contributed by atoms with Gasteiger partial charge < -0.3 is 14.8 Å². The van der Waals surface area contributed by atoms with Gasteiger partial charge in [-0.15, -0.1) is 0 Å². The summed E-state index contributed by atoms with van der Waals surface area (Å²) in [5.74, 6) is 0.613. The predicted molar refractivity (Wildman–Crippen MR) is 136 cm³/mol. The number of rotatable bonds is 8. The summed E-state index contributed by atoms with van der Waals surface area (Å²) in [4.78, 5) is 12.3. The van der Waals surface area contributed by atoms with Crippen molar-refractivity contribution in [2.45, 2.75) is 13.8 Å². The number of allylic oxidation sites excluding steroid dienone is 1. The molecule has 0 radical (unpaired) electrons. The highest BCUT2D eigenvalue weighted by molar-refractivity contribution is 9.10. The topological polar surface area (TPSA) is 71.3 Å². The first kappa shape index (κ1) is 24.4. The zero-order valence-electron chi connectivity index (χ0n) is 18.2.